The zero-order valence-electron chi connectivity index (χ0n) is 10.5. The van der Waals surface area contributed by atoms with Crippen molar-refractivity contribution in [2.45, 2.75) is 44.8 Å². The van der Waals surface area contributed by atoms with Crippen molar-refractivity contribution in [3.63, 3.8) is 0 Å². The maximum Gasteiger partial charge on any atom is 0.408 e. The van der Waals surface area contributed by atoms with E-state index in [0.29, 0.717) is 0 Å². The number of alkyl carbamates (subject to hydrolysis) is 1. The highest BCUT2D eigenvalue weighted by Crippen LogP contribution is 2.19. The Bertz CT molecular complexity index is 264. The van der Waals surface area contributed by atoms with Gasteiger partial charge >= 0.3 is 6.09 Å². The first-order valence-corrected chi connectivity index (χ1v) is 5.77. The highest BCUT2D eigenvalue weighted by molar-refractivity contribution is 5.68. The molecule has 1 amide bonds. The van der Waals surface area contributed by atoms with Crippen LogP contribution in [0.1, 0.15) is 26.7 Å². The molecule has 0 aromatic rings. The smallest absolute Gasteiger partial charge is 0.408 e. The first-order valence-electron chi connectivity index (χ1n) is 5.77. The number of rotatable bonds is 3. The van der Waals surface area contributed by atoms with Gasteiger partial charge in [-0.25, -0.2) is 13.6 Å². The summed E-state index contributed by atoms with van der Waals surface area (Å²) in [6, 6.07) is 0.0205. The average Bonchev–Trinajstić information content (AvgIpc) is 2.20. The van der Waals surface area contributed by atoms with Gasteiger partial charge in [0.25, 0.3) is 6.43 Å². The molecule has 100 valence electrons. The molecular weight excluding hydrogens is 230 g/mol. The van der Waals surface area contributed by atoms with Crippen LogP contribution in [0.3, 0.4) is 0 Å². The molecule has 1 aliphatic rings. The van der Waals surface area contributed by atoms with E-state index in [4.69, 9.17) is 4.74 Å². The SMILES string of the molecule is CN1CCC(NC(=O)OC(C)(C)C(F)F)CC1. The number of nitrogens with zero attached hydrogens (tertiary/aromatic N) is 1. The summed E-state index contributed by atoms with van der Waals surface area (Å²) in [6.45, 7) is 4.18. The van der Waals surface area contributed by atoms with Gasteiger partial charge in [0.15, 0.2) is 5.60 Å². The highest BCUT2D eigenvalue weighted by Gasteiger charge is 2.34. The lowest BCUT2D eigenvalue weighted by Gasteiger charge is -2.31. The third-order valence-electron chi connectivity index (χ3n) is 2.92. The summed E-state index contributed by atoms with van der Waals surface area (Å²) in [5, 5.41) is 2.63. The second-order valence-electron chi connectivity index (χ2n) is 5.02. The lowest BCUT2D eigenvalue weighted by atomic mass is 10.1. The van der Waals surface area contributed by atoms with Crippen molar-refractivity contribution in [3.05, 3.63) is 0 Å². The van der Waals surface area contributed by atoms with Crippen molar-refractivity contribution in [2.75, 3.05) is 20.1 Å². The molecule has 4 nitrogen and oxygen atoms in total. The zero-order chi connectivity index (χ0) is 13.1. The van der Waals surface area contributed by atoms with E-state index in [9.17, 15) is 13.6 Å². The zero-order valence-corrected chi connectivity index (χ0v) is 10.5. The number of carbonyl (C=O) groups excluding carboxylic acids is 1. The maximum absolute atomic E-state index is 12.5. The lowest BCUT2D eigenvalue weighted by Crippen LogP contribution is -2.46. The van der Waals surface area contributed by atoms with Crippen molar-refractivity contribution in [1.82, 2.24) is 10.2 Å². The normalized spacial score (nSPS) is 19.4. The van der Waals surface area contributed by atoms with Crippen molar-refractivity contribution >= 4 is 6.09 Å². The van der Waals surface area contributed by atoms with Crippen molar-refractivity contribution in [2.24, 2.45) is 0 Å². The minimum Gasteiger partial charge on any atom is -0.437 e. The molecule has 1 heterocycles. The first-order chi connectivity index (χ1) is 7.81. The number of halogens is 2. The van der Waals surface area contributed by atoms with E-state index in [1.54, 1.807) is 0 Å². The second kappa shape index (κ2) is 5.62. The van der Waals surface area contributed by atoms with E-state index in [0.717, 1.165) is 25.9 Å². The fourth-order valence-electron chi connectivity index (χ4n) is 1.63. The van der Waals surface area contributed by atoms with Crippen LogP contribution in [0.5, 0.6) is 0 Å². The van der Waals surface area contributed by atoms with Gasteiger partial charge in [-0.05, 0) is 46.8 Å². The fourth-order valence-corrected chi connectivity index (χ4v) is 1.63. The lowest BCUT2D eigenvalue weighted by molar-refractivity contribution is -0.0780. The molecule has 0 atom stereocenters. The van der Waals surface area contributed by atoms with Gasteiger partial charge in [0.1, 0.15) is 0 Å². The third kappa shape index (κ3) is 4.46. The standard InChI is InChI=1S/C11H20F2N2O2/c1-11(2,9(12)13)17-10(16)14-8-4-6-15(3)7-5-8/h8-9H,4-7H2,1-3H3,(H,14,16). The summed E-state index contributed by atoms with van der Waals surface area (Å²) < 4.78 is 29.7. The molecule has 0 radical (unpaired) electrons. The van der Waals surface area contributed by atoms with Crippen LogP contribution in [0.4, 0.5) is 13.6 Å². The summed E-state index contributed by atoms with van der Waals surface area (Å²) in [4.78, 5) is 13.6. The van der Waals surface area contributed by atoms with Gasteiger partial charge in [-0.2, -0.15) is 0 Å². The number of carbonyl (C=O) groups is 1. The van der Waals surface area contributed by atoms with E-state index >= 15 is 0 Å². The van der Waals surface area contributed by atoms with E-state index < -0.39 is 18.1 Å². The fraction of sp³-hybridized carbons (Fsp3) is 0.909. The topological polar surface area (TPSA) is 41.6 Å². The summed E-state index contributed by atoms with van der Waals surface area (Å²) in [5.41, 5.74) is -1.74. The summed E-state index contributed by atoms with van der Waals surface area (Å²) in [7, 11) is 2.01. The monoisotopic (exact) mass is 250 g/mol. The van der Waals surface area contributed by atoms with Crippen molar-refractivity contribution < 1.29 is 18.3 Å². The Kier molecular flexibility index (Phi) is 4.68. The number of piperidine rings is 1. The molecule has 0 unspecified atom stereocenters. The number of hydrogen-bond donors (Lipinski definition) is 1. The molecule has 0 spiro atoms. The minimum atomic E-state index is -2.69. The molecule has 1 aliphatic heterocycles. The molecule has 1 fully saturated rings. The minimum absolute atomic E-state index is 0.0205. The van der Waals surface area contributed by atoms with Gasteiger partial charge in [-0.3, -0.25) is 0 Å². The van der Waals surface area contributed by atoms with Crippen LogP contribution in [0, 0.1) is 0 Å². The molecule has 6 heteroatoms. The van der Waals surface area contributed by atoms with E-state index in [2.05, 4.69) is 10.2 Å². The van der Waals surface area contributed by atoms with Crippen LogP contribution in [-0.4, -0.2) is 49.2 Å². The van der Waals surface area contributed by atoms with Crippen LogP contribution in [0.15, 0.2) is 0 Å². The average molecular weight is 250 g/mol. The van der Waals surface area contributed by atoms with Crippen LogP contribution in [-0.2, 0) is 4.74 Å². The summed E-state index contributed by atoms with van der Waals surface area (Å²) >= 11 is 0. The van der Waals surface area contributed by atoms with E-state index in [1.165, 1.54) is 13.8 Å². The Morgan fingerprint density at radius 1 is 1.41 bits per heavy atom. The molecule has 0 aromatic carbocycles. The van der Waals surface area contributed by atoms with Crippen LogP contribution >= 0.6 is 0 Å². The van der Waals surface area contributed by atoms with Gasteiger partial charge in [0, 0.05) is 6.04 Å². The van der Waals surface area contributed by atoms with Crippen molar-refractivity contribution in [1.29, 1.82) is 0 Å². The number of hydrogen-bond acceptors (Lipinski definition) is 3. The Morgan fingerprint density at radius 2 is 1.94 bits per heavy atom. The van der Waals surface area contributed by atoms with Gasteiger partial charge in [-0.15, -0.1) is 0 Å². The molecule has 0 aliphatic carbocycles. The van der Waals surface area contributed by atoms with Gasteiger partial charge < -0.3 is 15.0 Å². The molecule has 0 bridgehead atoms. The predicted octanol–water partition coefficient (Wildman–Crippen LogP) is 1.85. The molecule has 17 heavy (non-hydrogen) atoms. The number of alkyl halides is 2. The molecule has 1 saturated heterocycles. The largest absolute Gasteiger partial charge is 0.437 e. The number of likely N-dealkylation sites (tertiary alicyclic amines) is 1. The molecule has 1 rings (SSSR count). The van der Waals surface area contributed by atoms with Crippen LogP contribution < -0.4 is 5.32 Å². The quantitative estimate of drug-likeness (QED) is 0.831. The molecule has 0 saturated carbocycles. The summed E-state index contributed by atoms with van der Waals surface area (Å²) in [5.74, 6) is 0. The highest BCUT2D eigenvalue weighted by atomic mass is 19.3. The number of nitrogens with one attached hydrogen (secondary N) is 1. The maximum atomic E-state index is 12.5. The molecule has 0 aromatic heterocycles. The first kappa shape index (κ1) is 14.2. The Labute approximate surface area is 100 Å². The molecule has 1 N–H and O–H groups in total. The summed E-state index contributed by atoms with van der Waals surface area (Å²) in [6.07, 6.45) is -1.81. The van der Waals surface area contributed by atoms with Crippen molar-refractivity contribution in [3.8, 4) is 0 Å². The van der Waals surface area contributed by atoms with Gasteiger partial charge in [0.2, 0.25) is 0 Å². The third-order valence-corrected chi connectivity index (χ3v) is 2.92. The van der Waals surface area contributed by atoms with Crippen LogP contribution in [0.25, 0.3) is 0 Å². The predicted molar refractivity (Wildman–Crippen MR) is 60.2 cm³/mol. The second-order valence-corrected chi connectivity index (χ2v) is 5.02. The number of amides is 1. The van der Waals surface area contributed by atoms with E-state index in [-0.39, 0.29) is 6.04 Å². The molecular formula is C11H20F2N2O2. The Balaban J connectivity index is 2.35. The van der Waals surface area contributed by atoms with E-state index in [1.807, 2.05) is 7.05 Å². The number of ether oxygens (including phenoxy) is 1. The van der Waals surface area contributed by atoms with Crippen LogP contribution in [0.2, 0.25) is 0 Å². The van der Waals surface area contributed by atoms with Gasteiger partial charge in [-0.1, -0.05) is 0 Å². The Hall–Kier alpha value is -0.910. The Morgan fingerprint density at radius 3 is 2.41 bits per heavy atom. The van der Waals surface area contributed by atoms with Gasteiger partial charge in [0.05, 0.1) is 0 Å².